The van der Waals surface area contributed by atoms with E-state index in [0.29, 0.717) is 0 Å². The van der Waals surface area contributed by atoms with Gasteiger partial charge in [-0.2, -0.15) is 0 Å². The molecule has 0 saturated heterocycles. The van der Waals surface area contributed by atoms with Gasteiger partial charge < -0.3 is 10.2 Å². The molecule has 0 amide bonds. The first kappa shape index (κ1) is 16.4. The number of benzene rings is 1. The standard InChI is InChI=1S/C18H29FN2/c1-15-9-10-17(19)13-16(15)14-20-11-6-12-21(2)18-7-4-3-5-8-18/h9-10,13,18,20H,3-8,11-12,14H2,1-2H3. The summed E-state index contributed by atoms with van der Waals surface area (Å²) in [5, 5.41) is 3.43. The van der Waals surface area contributed by atoms with E-state index in [-0.39, 0.29) is 5.82 Å². The van der Waals surface area contributed by atoms with Crippen LogP contribution in [0.15, 0.2) is 18.2 Å². The highest BCUT2D eigenvalue weighted by atomic mass is 19.1. The third-order valence-corrected chi connectivity index (χ3v) is 4.69. The van der Waals surface area contributed by atoms with Crippen LogP contribution in [0.25, 0.3) is 0 Å². The average molecular weight is 292 g/mol. The van der Waals surface area contributed by atoms with Crippen molar-refractivity contribution in [3.05, 3.63) is 35.1 Å². The number of aryl methyl sites for hydroxylation is 1. The van der Waals surface area contributed by atoms with Crippen LogP contribution in [0.3, 0.4) is 0 Å². The van der Waals surface area contributed by atoms with Crippen LogP contribution >= 0.6 is 0 Å². The number of nitrogens with zero attached hydrogens (tertiary/aromatic N) is 1. The lowest BCUT2D eigenvalue weighted by Gasteiger charge is -2.31. The lowest BCUT2D eigenvalue weighted by Crippen LogP contribution is -2.35. The van der Waals surface area contributed by atoms with Gasteiger partial charge in [0.05, 0.1) is 0 Å². The van der Waals surface area contributed by atoms with Crippen LogP contribution in [0.2, 0.25) is 0 Å². The zero-order valence-corrected chi connectivity index (χ0v) is 13.5. The second-order valence-electron chi connectivity index (χ2n) is 6.37. The summed E-state index contributed by atoms with van der Waals surface area (Å²) in [6, 6.07) is 5.81. The summed E-state index contributed by atoms with van der Waals surface area (Å²) in [6.45, 7) is 4.94. The van der Waals surface area contributed by atoms with Crippen LogP contribution in [0.1, 0.15) is 49.7 Å². The third-order valence-electron chi connectivity index (χ3n) is 4.69. The van der Waals surface area contributed by atoms with Gasteiger partial charge in [-0.05, 0) is 69.6 Å². The van der Waals surface area contributed by atoms with Crippen LogP contribution in [0, 0.1) is 12.7 Å². The molecule has 21 heavy (non-hydrogen) atoms. The van der Waals surface area contributed by atoms with E-state index in [9.17, 15) is 4.39 Å². The summed E-state index contributed by atoms with van der Waals surface area (Å²) in [5.74, 6) is -0.144. The van der Waals surface area contributed by atoms with E-state index in [1.165, 1.54) is 38.2 Å². The summed E-state index contributed by atoms with van der Waals surface area (Å²) in [4.78, 5) is 2.52. The molecule has 1 fully saturated rings. The second-order valence-corrected chi connectivity index (χ2v) is 6.37. The van der Waals surface area contributed by atoms with Gasteiger partial charge in [-0.15, -0.1) is 0 Å². The molecule has 0 radical (unpaired) electrons. The highest BCUT2D eigenvalue weighted by Gasteiger charge is 2.17. The van der Waals surface area contributed by atoms with E-state index in [1.54, 1.807) is 6.07 Å². The normalized spacial score (nSPS) is 16.6. The van der Waals surface area contributed by atoms with Crippen molar-refractivity contribution in [1.29, 1.82) is 0 Å². The molecule has 118 valence electrons. The molecule has 0 unspecified atom stereocenters. The molecule has 1 aliphatic carbocycles. The number of hydrogen-bond donors (Lipinski definition) is 1. The number of hydrogen-bond acceptors (Lipinski definition) is 2. The van der Waals surface area contributed by atoms with Crippen molar-refractivity contribution >= 4 is 0 Å². The lowest BCUT2D eigenvalue weighted by atomic mass is 9.94. The zero-order chi connectivity index (χ0) is 15.1. The van der Waals surface area contributed by atoms with Gasteiger partial charge in [0.2, 0.25) is 0 Å². The maximum Gasteiger partial charge on any atom is 0.123 e. The van der Waals surface area contributed by atoms with Gasteiger partial charge >= 0.3 is 0 Å². The molecular formula is C18H29FN2. The van der Waals surface area contributed by atoms with Crippen molar-refractivity contribution < 1.29 is 4.39 Å². The molecule has 0 aliphatic heterocycles. The molecule has 3 heteroatoms. The molecule has 0 heterocycles. The number of halogens is 1. The topological polar surface area (TPSA) is 15.3 Å². The fourth-order valence-electron chi connectivity index (χ4n) is 3.21. The zero-order valence-electron chi connectivity index (χ0n) is 13.5. The summed E-state index contributed by atoms with van der Waals surface area (Å²) in [5.41, 5.74) is 2.22. The first-order valence-corrected chi connectivity index (χ1v) is 8.33. The minimum Gasteiger partial charge on any atom is -0.313 e. The molecule has 1 saturated carbocycles. The smallest absolute Gasteiger partial charge is 0.123 e. The van der Waals surface area contributed by atoms with Gasteiger partial charge in [0.1, 0.15) is 5.82 Å². The predicted molar refractivity (Wildman–Crippen MR) is 87.0 cm³/mol. The third kappa shape index (κ3) is 5.40. The summed E-state index contributed by atoms with van der Waals surface area (Å²) >= 11 is 0. The Morgan fingerprint density at radius 3 is 2.76 bits per heavy atom. The van der Waals surface area contributed by atoms with E-state index in [0.717, 1.165) is 43.2 Å². The quantitative estimate of drug-likeness (QED) is 0.767. The van der Waals surface area contributed by atoms with Crippen LogP contribution in [0.5, 0.6) is 0 Å². The van der Waals surface area contributed by atoms with Crippen LogP contribution in [0.4, 0.5) is 4.39 Å². The molecule has 0 atom stereocenters. The van der Waals surface area contributed by atoms with Crippen molar-refractivity contribution in [1.82, 2.24) is 10.2 Å². The van der Waals surface area contributed by atoms with E-state index < -0.39 is 0 Å². The Labute approximate surface area is 128 Å². The van der Waals surface area contributed by atoms with E-state index >= 15 is 0 Å². The van der Waals surface area contributed by atoms with Gasteiger partial charge in [-0.1, -0.05) is 25.3 Å². The van der Waals surface area contributed by atoms with Crippen molar-refractivity contribution in [3.63, 3.8) is 0 Å². The van der Waals surface area contributed by atoms with Gasteiger partial charge in [0.15, 0.2) is 0 Å². The molecule has 0 spiro atoms. The first-order chi connectivity index (χ1) is 10.2. The fraction of sp³-hybridized carbons (Fsp3) is 0.667. The second kappa shape index (κ2) is 8.50. The van der Waals surface area contributed by atoms with Gasteiger partial charge in [-0.3, -0.25) is 0 Å². The first-order valence-electron chi connectivity index (χ1n) is 8.33. The molecule has 0 aromatic heterocycles. The SMILES string of the molecule is Cc1ccc(F)cc1CNCCCN(C)C1CCCCC1. The predicted octanol–water partition coefficient (Wildman–Crippen LogP) is 3.88. The Morgan fingerprint density at radius 1 is 1.24 bits per heavy atom. The van der Waals surface area contributed by atoms with Gasteiger partial charge in [-0.25, -0.2) is 4.39 Å². The Balaban J connectivity index is 1.62. The Kier molecular flexibility index (Phi) is 6.65. The average Bonchev–Trinajstić information content (AvgIpc) is 2.51. The Bertz CT molecular complexity index is 427. The van der Waals surface area contributed by atoms with Gasteiger partial charge in [0, 0.05) is 12.6 Å². The maximum absolute atomic E-state index is 13.2. The number of nitrogens with one attached hydrogen (secondary N) is 1. The molecule has 2 nitrogen and oxygen atoms in total. The Hall–Kier alpha value is -0.930. The maximum atomic E-state index is 13.2. The van der Waals surface area contributed by atoms with Crippen molar-refractivity contribution in [2.45, 2.75) is 58.0 Å². The lowest BCUT2D eigenvalue weighted by molar-refractivity contribution is 0.189. The summed E-state index contributed by atoms with van der Waals surface area (Å²) < 4.78 is 13.2. The summed E-state index contributed by atoms with van der Waals surface area (Å²) in [6.07, 6.45) is 8.09. The van der Waals surface area contributed by atoms with E-state index in [4.69, 9.17) is 0 Å². The van der Waals surface area contributed by atoms with Crippen LogP contribution in [-0.4, -0.2) is 31.1 Å². The molecule has 1 aliphatic rings. The minimum absolute atomic E-state index is 0.144. The highest BCUT2D eigenvalue weighted by molar-refractivity contribution is 5.26. The van der Waals surface area contributed by atoms with Crippen molar-refractivity contribution in [2.24, 2.45) is 0 Å². The fourth-order valence-corrected chi connectivity index (χ4v) is 3.21. The minimum atomic E-state index is -0.144. The van der Waals surface area contributed by atoms with Crippen LogP contribution in [-0.2, 0) is 6.54 Å². The van der Waals surface area contributed by atoms with Crippen LogP contribution < -0.4 is 5.32 Å². The number of rotatable bonds is 7. The van der Waals surface area contributed by atoms with Gasteiger partial charge in [0.25, 0.3) is 0 Å². The molecular weight excluding hydrogens is 263 g/mol. The van der Waals surface area contributed by atoms with Crippen molar-refractivity contribution in [3.8, 4) is 0 Å². The monoisotopic (exact) mass is 292 g/mol. The van der Waals surface area contributed by atoms with Crippen molar-refractivity contribution in [2.75, 3.05) is 20.1 Å². The molecule has 0 bridgehead atoms. The largest absolute Gasteiger partial charge is 0.313 e. The summed E-state index contributed by atoms with van der Waals surface area (Å²) in [7, 11) is 2.26. The van der Waals surface area contributed by atoms with E-state index in [2.05, 4.69) is 17.3 Å². The molecule has 1 N–H and O–H groups in total. The Morgan fingerprint density at radius 2 is 2.00 bits per heavy atom. The highest BCUT2D eigenvalue weighted by Crippen LogP contribution is 2.21. The molecule has 1 aromatic carbocycles. The van der Waals surface area contributed by atoms with E-state index in [1.807, 2.05) is 13.0 Å². The molecule has 1 aromatic rings. The molecule has 2 rings (SSSR count).